The number of likely N-dealkylation sites (tertiary alicyclic amines) is 1. The molecule has 0 radical (unpaired) electrons. The molecular formula is C21H27FN2OS. The number of halogens is 1. The van der Waals surface area contributed by atoms with Gasteiger partial charge in [-0.1, -0.05) is 18.9 Å². The van der Waals surface area contributed by atoms with Crippen LogP contribution in [0.1, 0.15) is 53.8 Å². The van der Waals surface area contributed by atoms with Crippen LogP contribution in [-0.4, -0.2) is 36.5 Å². The quantitative estimate of drug-likeness (QED) is 0.839. The number of nitrogens with one attached hydrogen (secondary N) is 1. The number of carbonyl (C=O) groups excluding carboxylic acids is 1. The number of hydrogen-bond donors (Lipinski definition) is 1. The zero-order valence-electron chi connectivity index (χ0n) is 15.4. The van der Waals surface area contributed by atoms with Gasteiger partial charge in [-0.2, -0.15) is 0 Å². The second kappa shape index (κ2) is 7.65. The van der Waals surface area contributed by atoms with Crippen LogP contribution in [0.3, 0.4) is 0 Å². The van der Waals surface area contributed by atoms with E-state index < -0.39 is 0 Å². The van der Waals surface area contributed by atoms with Crippen molar-refractivity contribution in [2.75, 3.05) is 19.6 Å². The topological polar surface area (TPSA) is 32.3 Å². The molecule has 3 nitrogen and oxygen atoms in total. The second-order valence-corrected chi connectivity index (χ2v) is 8.92. The predicted octanol–water partition coefficient (Wildman–Crippen LogP) is 4.73. The first-order valence-corrected chi connectivity index (χ1v) is 10.6. The minimum Gasteiger partial charge on any atom is -0.349 e. The standard InChI is InChI=1S/C21H27FN2OS/c1-14-19-17(22)7-4-8-18(19)26-20(14)21(25)23-16-9-11-24(12-10-16)13-15-5-2-3-6-15/h4,7-8,15-16H,2-3,5-6,9-13H2,1H3,(H,23,25). The third-order valence-corrected chi connectivity index (χ3v) is 7.28. The first kappa shape index (κ1) is 17.9. The summed E-state index contributed by atoms with van der Waals surface area (Å²) in [6.07, 6.45) is 7.59. The van der Waals surface area contributed by atoms with Crippen LogP contribution in [0.5, 0.6) is 0 Å². The van der Waals surface area contributed by atoms with Gasteiger partial charge in [0.05, 0.1) is 4.88 Å². The van der Waals surface area contributed by atoms with Gasteiger partial charge in [0.25, 0.3) is 5.91 Å². The van der Waals surface area contributed by atoms with Crippen molar-refractivity contribution in [3.63, 3.8) is 0 Å². The molecule has 1 aromatic carbocycles. The fraction of sp³-hybridized carbons (Fsp3) is 0.571. The Bertz CT molecular complexity index is 789. The van der Waals surface area contributed by atoms with Gasteiger partial charge in [-0.25, -0.2) is 4.39 Å². The minimum absolute atomic E-state index is 0.0441. The lowest BCUT2D eigenvalue weighted by atomic mass is 10.0. The first-order valence-electron chi connectivity index (χ1n) is 9.82. The number of rotatable bonds is 4. The Hall–Kier alpha value is -1.46. The number of nitrogens with zero attached hydrogens (tertiary/aromatic N) is 1. The molecule has 1 N–H and O–H groups in total. The molecule has 5 heteroatoms. The van der Waals surface area contributed by atoms with Crippen LogP contribution < -0.4 is 5.32 Å². The number of piperidine rings is 1. The molecule has 0 bridgehead atoms. The van der Waals surface area contributed by atoms with E-state index >= 15 is 0 Å². The molecule has 1 aliphatic carbocycles. The smallest absolute Gasteiger partial charge is 0.261 e. The summed E-state index contributed by atoms with van der Waals surface area (Å²) in [7, 11) is 0. The van der Waals surface area contributed by atoms with Crippen LogP contribution in [0.15, 0.2) is 18.2 Å². The zero-order valence-corrected chi connectivity index (χ0v) is 16.2. The number of fused-ring (bicyclic) bond motifs is 1. The third-order valence-electron chi connectivity index (χ3n) is 6.02. The maximum absolute atomic E-state index is 14.1. The summed E-state index contributed by atoms with van der Waals surface area (Å²) >= 11 is 1.39. The molecule has 1 amide bonds. The molecule has 2 aromatic rings. The highest BCUT2D eigenvalue weighted by Gasteiger charge is 2.26. The van der Waals surface area contributed by atoms with E-state index in [4.69, 9.17) is 0 Å². The number of thiophene rings is 1. The van der Waals surface area contributed by atoms with Crippen molar-refractivity contribution in [1.29, 1.82) is 0 Å². The van der Waals surface area contributed by atoms with Gasteiger partial charge in [0.15, 0.2) is 0 Å². The number of aryl methyl sites for hydroxylation is 1. The molecule has 0 atom stereocenters. The van der Waals surface area contributed by atoms with Crippen molar-refractivity contribution in [1.82, 2.24) is 10.2 Å². The third kappa shape index (κ3) is 3.65. The highest BCUT2D eigenvalue weighted by molar-refractivity contribution is 7.21. The maximum atomic E-state index is 14.1. The molecule has 4 rings (SSSR count). The molecule has 0 spiro atoms. The average Bonchev–Trinajstić information content (AvgIpc) is 3.25. The second-order valence-electron chi connectivity index (χ2n) is 7.87. The number of amides is 1. The molecule has 2 heterocycles. The highest BCUT2D eigenvalue weighted by atomic mass is 32.1. The van der Waals surface area contributed by atoms with Crippen molar-refractivity contribution in [3.8, 4) is 0 Å². The van der Waals surface area contributed by atoms with E-state index in [1.165, 1.54) is 49.6 Å². The van der Waals surface area contributed by atoms with Crippen molar-refractivity contribution in [3.05, 3.63) is 34.5 Å². The molecule has 2 fully saturated rings. The van der Waals surface area contributed by atoms with E-state index in [2.05, 4.69) is 10.2 Å². The minimum atomic E-state index is -0.240. The summed E-state index contributed by atoms with van der Waals surface area (Å²) < 4.78 is 14.9. The Balaban J connectivity index is 1.35. The van der Waals surface area contributed by atoms with Gasteiger partial charge in [0.2, 0.25) is 0 Å². The maximum Gasteiger partial charge on any atom is 0.261 e. The van der Waals surface area contributed by atoms with Crippen LogP contribution in [-0.2, 0) is 0 Å². The molecule has 140 valence electrons. The Morgan fingerprint density at radius 2 is 1.96 bits per heavy atom. The normalized spacial score (nSPS) is 20.1. The number of carbonyl (C=O) groups is 1. The molecule has 0 unspecified atom stereocenters. The van der Waals surface area contributed by atoms with Crippen LogP contribution >= 0.6 is 11.3 Å². The van der Waals surface area contributed by atoms with Crippen LogP contribution in [0, 0.1) is 18.7 Å². The molecule has 1 aromatic heterocycles. The van der Waals surface area contributed by atoms with Gasteiger partial charge in [-0.3, -0.25) is 4.79 Å². The van der Waals surface area contributed by atoms with E-state index in [-0.39, 0.29) is 17.8 Å². The molecule has 26 heavy (non-hydrogen) atoms. The lowest BCUT2D eigenvalue weighted by molar-refractivity contribution is 0.0909. The van der Waals surface area contributed by atoms with E-state index in [1.54, 1.807) is 6.07 Å². The van der Waals surface area contributed by atoms with E-state index in [0.29, 0.717) is 10.3 Å². The van der Waals surface area contributed by atoms with Gasteiger partial charge in [-0.15, -0.1) is 11.3 Å². The molecular weight excluding hydrogens is 347 g/mol. The van der Waals surface area contributed by atoms with Gasteiger partial charge in [-0.05, 0) is 56.2 Å². The average molecular weight is 375 g/mol. The number of hydrogen-bond acceptors (Lipinski definition) is 3. The van der Waals surface area contributed by atoms with Gasteiger partial charge < -0.3 is 10.2 Å². The Morgan fingerprint density at radius 1 is 1.23 bits per heavy atom. The predicted molar refractivity (Wildman–Crippen MR) is 105 cm³/mol. The lowest BCUT2D eigenvalue weighted by Gasteiger charge is -2.33. The van der Waals surface area contributed by atoms with Gasteiger partial charge >= 0.3 is 0 Å². The van der Waals surface area contributed by atoms with E-state index in [9.17, 15) is 9.18 Å². The van der Waals surface area contributed by atoms with Crippen molar-refractivity contribution >= 4 is 27.3 Å². The molecule has 2 aliphatic rings. The Labute approximate surface area is 158 Å². The van der Waals surface area contributed by atoms with Crippen molar-refractivity contribution < 1.29 is 9.18 Å². The molecule has 1 saturated heterocycles. The fourth-order valence-corrected chi connectivity index (χ4v) is 5.66. The summed E-state index contributed by atoms with van der Waals surface area (Å²) in [5.41, 5.74) is 0.763. The summed E-state index contributed by atoms with van der Waals surface area (Å²) in [6.45, 7) is 5.22. The van der Waals surface area contributed by atoms with Crippen LogP contribution in [0.4, 0.5) is 4.39 Å². The van der Waals surface area contributed by atoms with Gasteiger partial charge in [0.1, 0.15) is 5.82 Å². The Morgan fingerprint density at radius 3 is 2.65 bits per heavy atom. The molecule has 1 aliphatic heterocycles. The van der Waals surface area contributed by atoms with Crippen LogP contribution in [0.25, 0.3) is 10.1 Å². The van der Waals surface area contributed by atoms with E-state index in [0.717, 1.165) is 42.1 Å². The van der Waals surface area contributed by atoms with Crippen LogP contribution in [0.2, 0.25) is 0 Å². The van der Waals surface area contributed by atoms with Gasteiger partial charge in [0, 0.05) is 35.8 Å². The summed E-state index contributed by atoms with van der Waals surface area (Å²) in [5.74, 6) is 0.602. The summed E-state index contributed by atoms with van der Waals surface area (Å²) in [6, 6.07) is 5.28. The lowest BCUT2D eigenvalue weighted by Crippen LogP contribution is -2.45. The highest BCUT2D eigenvalue weighted by Crippen LogP contribution is 2.33. The summed E-state index contributed by atoms with van der Waals surface area (Å²) in [5, 5.41) is 3.78. The van der Waals surface area contributed by atoms with Crippen molar-refractivity contribution in [2.45, 2.75) is 51.5 Å². The Kier molecular flexibility index (Phi) is 5.28. The first-order chi connectivity index (χ1) is 12.6. The van der Waals surface area contributed by atoms with Crippen molar-refractivity contribution in [2.24, 2.45) is 5.92 Å². The monoisotopic (exact) mass is 374 g/mol. The molecule has 1 saturated carbocycles. The largest absolute Gasteiger partial charge is 0.349 e. The number of benzene rings is 1. The SMILES string of the molecule is Cc1c(C(=O)NC2CCN(CC3CCCC3)CC2)sc2cccc(F)c12. The summed E-state index contributed by atoms with van der Waals surface area (Å²) in [4.78, 5) is 16.0. The van der Waals surface area contributed by atoms with E-state index in [1.807, 2.05) is 13.0 Å². The zero-order chi connectivity index (χ0) is 18.1. The fourth-order valence-electron chi connectivity index (χ4n) is 4.54.